The fourth-order valence-electron chi connectivity index (χ4n) is 1.23. The van der Waals surface area contributed by atoms with Gasteiger partial charge in [0.1, 0.15) is 12.4 Å². The van der Waals surface area contributed by atoms with Gasteiger partial charge in [0, 0.05) is 0 Å². The third-order valence-corrected chi connectivity index (χ3v) is 2.00. The Bertz CT molecular complexity index is 325. The standard InChI is InChI=1S/C11H15NO2/c1-8-5-4-6-9(2)11(8)14-7-10(3)12-13/h4-6,13H,7H2,1-3H3/b12-10-. The highest BCUT2D eigenvalue weighted by Crippen LogP contribution is 2.21. The SMILES string of the molecule is C/C(COc1c(C)cccc1C)=N/O. The molecule has 0 saturated heterocycles. The van der Waals surface area contributed by atoms with Gasteiger partial charge in [-0.25, -0.2) is 0 Å². The van der Waals surface area contributed by atoms with Crippen LogP contribution in [0.2, 0.25) is 0 Å². The number of aryl methyl sites for hydroxylation is 2. The third-order valence-electron chi connectivity index (χ3n) is 2.00. The van der Waals surface area contributed by atoms with Crippen LogP contribution in [-0.4, -0.2) is 17.5 Å². The summed E-state index contributed by atoms with van der Waals surface area (Å²) in [5, 5.41) is 11.5. The van der Waals surface area contributed by atoms with Crippen molar-refractivity contribution in [1.29, 1.82) is 0 Å². The molecule has 0 radical (unpaired) electrons. The Morgan fingerprint density at radius 3 is 2.43 bits per heavy atom. The van der Waals surface area contributed by atoms with Crippen molar-refractivity contribution >= 4 is 5.71 Å². The van der Waals surface area contributed by atoms with Gasteiger partial charge >= 0.3 is 0 Å². The maximum Gasteiger partial charge on any atom is 0.129 e. The van der Waals surface area contributed by atoms with Crippen LogP contribution in [0.3, 0.4) is 0 Å². The van der Waals surface area contributed by atoms with E-state index in [2.05, 4.69) is 5.16 Å². The van der Waals surface area contributed by atoms with Crippen LogP contribution in [0.4, 0.5) is 0 Å². The first kappa shape index (κ1) is 10.6. The van der Waals surface area contributed by atoms with Crippen molar-refractivity contribution in [3.8, 4) is 5.75 Å². The molecule has 1 aromatic carbocycles. The molecule has 0 aliphatic rings. The molecule has 0 amide bonds. The molecule has 0 fully saturated rings. The van der Waals surface area contributed by atoms with Gasteiger partial charge in [-0.05, 0) is 31.9 Å². The molecule has 0 unspecified atom stereocenters. The topological polar surface area (TPSA) is 41.8 Å². The maximum absolute atomic E-state index is 8.46. The first-order chi connectivity index (χ1) is 6.65. The van der Waals surface area contributed by atoms with E-state index in [4.69, 9.17) is 9.94 Å². The van der Waals surface area contributed by atoms with Crippen LogP contribution in [0.25, 0.3) is 0 Å². The monoisotopic (exact) mass is 193 g/mol. The molecule has 0 aromatic heterocycles. The first-order valence-corrected chi connectivity index (χ1v) is 4.51. The van der Waals surface area contributed by atoms with Crippen molar-refractivity contribution in [1.82, 2.24) is 0 Å². The van der Waals surface area contributed by atoms with E-state index in [9.17, 15) is 0 Å². The number of hydrogen-bond donors (Lipinski definition) is 1. The van der Waals surface area contributed by atoms with Gasteiger partial charge in [-0.2, -0.15) is 0 Å². The second-order valence-corrected chi connectivity index (χ2v) is 3.34. The van der Waals surface area contributed by atoms with Gasteiger partial charge in [0.2, 0.25) is 0 Å². The second kappa shape index (κ2) is 4.65. The van der Waals surface area contributed by atoms with Gasteiger partial charge in [-0.1, -0.05) is 23.4 Å². The van der Waals surface area contributed by atoms with Crippen molar-refractivity contribution in [2.75, 3.05) is 6.61 Å². The first-order valence-electron chi connectivity index (χ1n) is 4.51. The molecule has 3 heteroatoms. The number of para-hydroxylation sites is 1. The molecule has 76 valence electrons. The summed E-state index contributed by atoms with van der Waals surface area (Å²) < 4.78 is 5.53. The fraction of sp³-hybridized carbons (Fsp3) is 0.364. The number of nitrogens with zero attached hydrogens (tertiary/aromatic N) is 1. The largest absolute Gasteiger partial charge is 0.487 e. The van der Waals surface area contributed by atoms with Crippen LogP contribution >= 0.6 is 0 Å². The third kappa shape index (κ3) is 2.49. The predicted molar refractivity (Wildman–Crippen MR) is 56.3 cm³/mol. The number of rotatable bonds is 3. The summed E-state index contributed by atoms with van der Waals surface area (Å²) in [6, 6.07) is 5.98. The summed E-state index contributed by atoms with van der Waals surface area (Å²) in [5.74, 6) is 0.871. The Balaban J connectivity index is 2.76. The Labute approximate surface area is 84.0 Å². The van der Waals surface area contributed by atoms with Gasteiger partial charge in [-0.3, -0.25) is 0 Å². The zero-order valence-corrected chi connectivity index (χ0v) is 8.74. The summed E-state index contributed by atoms with van der Waals surface area (Å²) >= 11 is 0. The molecule has 0 aliphatic heterocycles. The predicted octanol–water partition coefficient (Wildman–Crippen LogP) is 2.53. The lowest BCUT2D eigenvalue weighted by atomic mass is 10.1. The van der Waals surface area contributed by atoms with Crippen LogP contribution in [-0.2, 0) is 0 Å². The summed E-state index contributed by atoms with van der Waals surface area (Å²) in [6.07, 6.45) is 0. The van der Waals surface area contributed by atoms with Crippen LogP contribution in [0.5, 0.6) is 5.75 Å². The number of oxime groups is 1. The van der Waals surface area contributed by atoms with E-state index >= 15 is 0 Å². The molecule has 0 aliphatic carbocycles. The van der Waals surface area contributed by atoms with Crippen LogP contribution < -0.4 is 4.74 Å². The normalized spacial score (nSPS) is 11.5. The van der Waals surface area contributed by atoms with Crippen LogP contribution in [0.15, 0.2) is 23.4 Å². The smallest absolute Gasteiger partial charge is 0.129 e. The van der Waals surface area contributed by atoms with Crippen molar-refractivity contribution in [3.05, 3.63) is 29.3 Å². The van der Waals surface area contributed by atoms with E-state index in [0.29, 0.717) is 12.3 Å². The quantitative estimate of drug-likeness (QED) is 0.455. The average Bonchev–Trinajstić information content (AvgIpc) is 2.16. The molecule has 0 atom stereocenters. The summed E-state index contributed by atoms with van der Waals surface area (Å²) in [6.45, 7) is 6.03. The lowest BCUT2D eigenvalue weighted by molar-refractivity contribution is 0.306. The lowest BCUT2D eigenvalue weighted by Crippen LogP contribution is -2.08. The minimum atomic E-state index is 0.322. The highest BCUT2D eigenvalue weighted by Gasteiger charge is 2.03. The Kier molecular flexibility index (Phi) is 3.51. The minimum Gasteiger partial charge on any atom is -0.487 e. The Morgan fingerprint density at radius 2 is 1.93 bits per heavy atom. The molecule has 1 rings (SSSR count). The molecule has 14 heavy (non-hydrogen) atoms. The van der Waals surface area contributed by atoms with Gasteiger partial charge in [0.25, 0.3) is 0 Å². The molecule has 0 saturated carbocycles. The zero-order valence-electron chi connectivity index (χ0n) is 8.74. The van der Waals surface area contributed by atoms with Gasteiger partial charge in [0.05, 0.1) is 5.71 Å². The highest BCUT2D eigenvalue weighted by atomic mass is 16.5. The number of benzene rings is 1. The second-order valence-electron chi connectivity index (χ2n) is 3.34. The molecule has 1 aromatic rings. The average molecular weight is 193 g/mol. The molecule has 1 N–H and O–H groups in total. The minimum absolute atomic E-state index is 0.322. The van der Waals surface area contributed by atoms with E-state index in [1.165, 1.54) is 0 Å². The van der Waals surface area contributed by atoms with Gasteiger partial charge < -0.3 is 9.94 Å². The highest BCUT2D eigenvalue weighted by molar-refractivity contribution is 5.82. The lowest BCUT2D eigenvalue weighted by Gasteiger charge is -2.10. The number of hydrogen-bond acceptors (Lipinski definition) is 3. The maximum atomic E-state index is 8.46. The summed E-state index contributed by atoms with van der Waals surface area (Å²) in [4.78, 5) is 0. The van der Waals surface area contributed by atoms with Crippen molar-refractivity contribution < 1.29 is 9.94 Å². The van der Waals surface area contributed by atoms with E-state index in [1.807, 2.05) is 32.0 Å². The fourth-order valence-corrected chi connectivity index (χ4v) is 1.23. The van der Waals surface area contributed by atoms with Crippen LogP contribution in [0, 0.1) is 13.8 Å². The Hall–Kier alpha value is -1.51. The molecule has 0 heterocycles. The van der Waals surface area contributed by atoms with Crippen LogP contribution in [0.1, 0.15) is 18.1 Å². The van der Waals surface area contributed by atoms with Crippen molar-refractivity contribution in [2.45, 2.75) is 20.8 Å². The van der Waals surface area contributed by atoms with E-state index < -0.39 is 0 Å². The van der Waals surface area contributed by atoms with Crippen molar-refractivity contribution in [3.63, 3.8) is 0 Å². The van der Waals surface area contributed by atoms with Gasteiger partial charge in [0.15, 0.2) is 0 Å². The van der Waals surface area contributed by atoms with E-state index in [1.54, 1.807) is 6.92 Å². The molecular weight excluding hydrogens is 178 g/mol. The van der Waals surface area contributed by atoms with Crippen molar-refractivity contribution in [2.24, 2.45) is 5.16 Å². The van der Waals surface area contributed by atoms with E-state index in [-0.39, 0.29) is 0 Å². The zero-order chi connectivity index (χ0) is 10.6. The summed E-state index contributed by atoms with van der Waals surface area (Å²) in [7, 11) is 0. The molecule has 0 bridgehead atoms. The number of ether oxygens (including phenoxy) is 1. The molecular formula is C11H15NO2. The molecule has 3 nitrogen and oxygen atoms in total. The van der Waals surface area contributed by atoms with E-state index in [0.717, 1.165) is 16.9 Å². The summed E-state index contributed by atoms with van der Waals surface area (Å²) in [5.41, 5.74) is 2.75. The Morgan fingerprint density at radius 1 is 1.36 bits per heavy atom. The molecule has 0 spiro atoms. The van der Waals surface area contributed by atoms with Gasteiger partial charge in [-0.15, -0.1) is 0 Å².